The molecule has 1 aliphatic rings. The molecule has 0 saturated carbocycles. The van der Waals surface area contributed by atoms with Crippen LogP contribution < -0.4 is 0 Å². The van der Waals surface area contributed by atoms with Gasteiger partial charge in [0.2, 0.25) is 0 Å². The summed E-state index contributed by atoms with van der Waals surface area (Å²) in [5.74, 6) is -0.362. The smallest absolute Gasteiger partial charge is 0.335 e. The van der Waals surface area contributed by atoms with E-state index < -0.39 is 0 Å². The molecule has 0 aromatic carbocycles. The molecule has 1 aliphatic heterocycles. The van der Waals surface area contributed by atoms with E-state index in [4.69, 9.17) is 27.9 Å². The number of rotatable bonds is 1. The molecule has 0 bridgehead atoms. The van der Waals surface area contributed by atoms with Crippen LogP contribution in [0.25, 0.3) is 0 Å². The van der Waals surface area contributed by atoms with Gasteiger partial charge in [0.25, 0.3) is 0 Å². The summed E-state index contributed by atoms with van der Waals surface area (Å²) in [5.41, 5.74) is 2.70. The third-order valence-corrected chi connectivity index (χ3v) is 2.79. The summed E-state index contributed by atoms with van der Waals surface area (Å²) in [7, 11) is 0. The number of carbonyl (C=O) groups excluding carboxylic acids is 1. The molecule has 0 aliphatic carbocycles. The van der Waals surface area contributed by atoms with E-state index in [0.29, 0.717) is 17.0 Å². The number of esters is 1. The van der Waals surface area contributed by atoms with E-state index in [-0.39, 0.29) is 12.1 Å². The highest BCUT2D eigenvalue weighted by Gasteiger charge is 2.26. The van der Waals surface area contributed by atoms with Gasteiger partial charge in [0.15, 0.2) is 0 Å². The molecule has 72 valence electrons. The Kier molecular flexibility index (Phi) is 3.40. The first-order valence-electron chi connectivity index (χ1n) is 3.89. The average molecular weight is 221 g/mol. The number of ether oxygens (including phenoxy) is 1. The molecule has 0 aromatic rings. The minimum absolute atomic E-state index is 0.304. The molecular formula is C9H10Cl2O2. The molecule has 13 heavy (non-hydrogen) atoms. The molecular weight excluding hydrogens is 211 g/mol. The summed E-state index contributed by atoms with van der Waals surface area (Å²) in [6.07, 6.45) is 0.218. The first-order valence-corrected chi connectivity index (χ1v) is 4.70. The van der Waals surface area contributed by atoms with Crippen LogP contribution >= 0.6 is 23.2 Å². The number of carbonyl (C=O) groups is 1. The van der Waals surface area contributed by atoms with Crippen molar-refractivity contribution in [1.82, 2.24) is 0 Å². The van der Waals surface area contributed by atoms with Crippen molar-refractivity contribution in [3.05, 3.63) is 21.7 Å². The fourth-order valence-corrected chi connectivity index (χ4v) is 1.37. The van der Waals surface area contributed by atoms with Crippen molar-refractivity contribution in [2.45, 2.75) is 26.4 Å². The van der Waals surface area contributed by atoms with Gasteiger partial charge in [-0.2, -0.15) is 0 Å². The first-order chi connectivity index (χ1) is 6.06. The van der Waals surface area contributed by atoms with Crippen molar-refractivity contribution >= 4 is 29.2 Å². The van der Waals surface area contributed by atoms with Crippen LogP contribution in [0.15, 0.2) is 21.7 Å². The lowest BCUT2D eigenvalue weighted by Gasteiger charge is -2.23. The summed E-state index contributed by atoms with van der Waals surface area (Å²) in [6, 6.07) is 0. The van der Waals surface area contributed by atoms with E-state index in [0.717, 1.165) is 5.57 Å². The first kappa shape index (κ1) is 10.6. The molecule has 1 heterocycles. The summed E-state index contributed by atoms with van der Waals surface area (Å²) in [5, 5.41) is 0.555. The van der Waals surface area contributed by atoms with Crippen molar-refractivity contribution in [2.24, 2.45) is 0 Å². The van der Waals surface area contributed by atoms with Crippen molar-refractivity contribution in [3.63, 3.8) is 0 Å². The minimum Gasteiger partial charge on any atom is -0.454 e. The normalized spacial score (nSPS) is 24.8. The van der Waals surface area contributed by atoms with Crippen molar-refractivity contribution < 1.29 is 9.53 Å². The molecule has 1 rings (SSSR count). The maximum Gasteiger partial charge on any atom is 0.335 e. The predicted octanol–water partition coefficient (Wildman–Crippen LogP) is 2.96. The standard InChI is InChI=1S/C9H10Cl2O2/c1-5(4-10)8-3-7(11)6(2)9(12)13-8/h4,8H,3H2,1-2H3/b5-4-. The van der Waals surface area contributed by atoms with Crippen LogP contribution in [0.3, 0.4) is 0 Å². The molecule has 0 amide bonds. The van der Waals surface area contributed by atoms with Gasteiger partial charge >= 0.3 is 5.97 Å². The fraction of sp³-hybridized carbons (Fsp3) is 0.444. The SMILES string of the molecule is CC1=C(Cl)CC(/C(C)=C\Cl)OC1=O. The maximum absolute atomic E-state index is 11.2. The third kappa shape index (κ3) is 2.26. The zero-order valence-corrected chi connectivity index (χ0v) is 8.95. The molecule has 0 fully saturated rings. The summed E-state index contributed by atoms with van der Waals surface area (Å²) in [6.45, 7) is 3.45. The van der Waals surface area contributed by atoms with E-state index in [1.165, 1.54) is 5.54 Å². The Morgan fingerprint density at radius 3 is 2.77 bits per heavy atom. The lowest BCUT2D eigenvalue weighted by atomic mass is 10.1. The van der Waals surface area contributed by atoms with Gasteiger partial charge in [-0.15, -0.1) is 0 Å². The monoisotopic (exact) mass is 220 g/mol. The van der Waals surface area contributed by atoms with Crippen molar-refractivity contribution in [2.75, 3.05) is 0 Å². The maximum atomic E-state index is 11.2. The van der Waals surface area contributed by atoms with Crippen LogP contribution in [0, 0.1) is 0 Å². The molecule has 2 nitrogen and oxygen atoms in total. The average Bonchev–Trinajstić information content (AvgIpc) is 2.12. The molecule has 1 unspecified atom stereocenters. The second-order valence-electron chi connectivity index (χ2n) is 2.98. The Morgan fingerprint density at radius 1 is 1.69 bits per heavy atom. The second kappa shape index (κ2) is 4.16. The van der Waals surface area contributed by atoms with Crippen LogP contribution in [-0.2, 0) is 9.53 Å². The van der Waals surface area contributed by atoms with E-state index in [9.17, 15) is 4.79 Å². The van der Waals surface area contributed by atoms with Gasteiger partial charge in [0.1, 0.15) is 6.10 Å². The molecule has 0 radical (unpaired) electrons. The summed E-state index contributed by atoms with van der Waals surface area (Å²) < 4.78 is 5.09. The fourth-order valence-electron chi connectivity index (χ4n) is 1.01. The quantitative estimate of drug-likeness (QED) is 0.636. The Hall–Kier alpha value is -0.470. The predicted molar refractivity (Wildman–Crippen MR) is 52.7 cm³/mol. The van der Waals surface area contributed by atoms with Crippen LogP contribution in [0.4, 0.5) is 0 Å². The number of halogens is 2. The Labute approximate surface area is 87.2 Å². The van der Waals surface area contributed by atoms with Crippen LogP contribution in [0.2, 0.25) is 0 Å². The largest absolute Gasteiger partial charge is 0.454 e. The van der Waals surface area contributed by atoms with Crippen molar-refractivity contribution in [3.8, 4) is 0 Å². The van der Waals surface area contributed by atoms with E-state index >= 15 is 0 Å². The molecule has 0 N–H and O–H groups in total. The topological polar surface area (TPSA) is 26.3 Å². The van der Waals surface area contributed by atoms with Crippen LogP contribution in [-0.4, -0.2) is 12.1 Å². The molecule has 0 spiro atoms. The van der Waals surface area contributed by atoms with E-state index in [1.54, 1.807) is 13.8 Å². The number of hydrogen-bond acceptors (Lipinski definition) is 2. The zero-order chi connectivity index (χ0) is 10.0. The van der Waals surface area contributed by atoms with Gasteiger partial charge in [-0.05, 0) is 19.4 Å². The Bertz CT molecular complexity index is 292. The van der Waals surface area contributed by atoms with Gasteiger partial charge < -0.3 is 4.74 Å². The highest BCUT2D eigenvalue weighted by molar-refractivity contribution is 6.32. The minimum atomic E-state index is -0.362. The third-order valence-electron chi connectivity index (χ3n) is 2.01. The van der Waals surface area contributed by atoms with Crippen LogP contribution in [0.5, 0.6) is 0 Å². The second-order valence-corrected chi connectivity index (χ2v) is 3.66. The van der Waals surface area contributed by atoms with Crippen LogP contribution in [0.1, 0.15) is 20.3 Å². The van der Waals surface area contributed by atoms with E-state index in [2.05, 4.69) is 0 Å². The number of hydrogen-bond donors (Lipinski definition) is 0. The van der Waals surface area contributed by atoms with Gasteiger partial charge in [0, 0.05) is 22.6 Å². The highest BCUT2D eigenvalue weighted by Crippen LogP contribution is 2.28. The molecule has 0 saturated heterocycles. The van der Waals surface area contributed by atoms with Gasteiger partial charge in [-0.1, -0.05) is 23.2 Å². The lowest BCUT2D eigenvalue weighted by molar-refractivity contribution is -0.143. The molecule has 0 aromatic heterocycles. The van der Waals surface area contributed by atoms with Crippen molar-refractivity contribution in [1.29, 1.82) is 0 Å². The highest BCUT2D eigenvalue weighted by atomic mass is 35.5. The summed E-state index contributed by atoms with van der Waals surface area (Å²) in [4.78, 5) is 11.2. The lowest BCUT2D eigenvalue weighted by Crippen LogP contribution is -2.25. The molecule has 4 heteroatoms. The summed E-state index contributed by atoms with van der Waals surface area (Å²) >= 11 is 11.4. The van der Waals surface area contributed by atoms with E-state index in [1.807, 2.05) is 0 Å². The van der Waals surface area contributed by atoms with Gasteiger partial charge in [0.05, 0.1) is 0 Å². The molecule has 1 atom stereocenters. The Balaban J connectivity index is 2.86. The number of cyclic esters (lactones) is 1. The zero-order valence-electron chi connectivity index (χ0n) is 7.43. The van der Waals surface area contributed by atoms with Gasteiger partial charge in [-0.25, -0.2) is 4.79 Å². The Morgan fingerprint density at radius 2 is 2.31 bits per heavy atom. The van der Waals surface area contributed by atoms with Gasteiger partial charge in [-0.3, -0.25) is 0 Å².